The third-order valence-corrected chi connectivity index (χ3v) is 4.63. The fraction of sp³-hybridized carbons (Fsp3) is 0.222. The zero-order valence-electron chi connectivity index (χ0n) is 11.0. The Bertz CT molecular complexity index is 815. The lowest BCUT2D eigenvalue weighted by Gasteiger charge is -2.38. The minimum atomic E-state index is 0.174. The lowest BCUT2D eigenvalue weighted by Crippen LogP contribution is -2.27. The maximum Gasteiger partial charge on any atom is 0.137 e. The van der Waals surface area contributed by atoms with Gasteiger partial charge in [-0.15, -0.1) is 0 Å². The van der Waals surface area contributed by atoms with Crippen molar-refractivity contribution in [3.05, 3.63) is 71.0 Å². The van der Waals surface area contributed by atoms with Gasteiger partial charge in [-0.3, -0.25) is 0 Å². The second kappa shape index (κ2) is 3.74. The van der Waals surface area contributed by atoms with E-state index in [4.69, 9.17) is 9.15 Å². The summed E-state index contributed by atoms with van der Waals surface area (Å²) in [5.41, 5.74) is 6.46. The molecule has 2 bridgehead atoms. The van der Waals surface area contributed by atoms with Crippen LogP contribution in [0.1, 0.15) is 34.5 Å². The molecule has 0 radical (unpaired) electrons. The molecule has 5 rings (SSSR count). The predicted molar refractivity (Wildman–Crippen MR) is 76.6 cm³/mol. The largest absolute Gasteiger partial charge is 0.464 e. The highest BCUT2D eigenvalue weighted by atomic mass is 16.5. The molecular weight excluding hydrogens is 248 g/mol. The highest BCUT2D eigenvalue weighted by Crippen LogP contribution is 2.46. The summed E-state index contributed by atoms with van der Waals surface area (Å²) in [4.78, 5) is 0. The number of hydrogen-bond donors (Lipinski definition) is 0. The van der Waals surface area contributed by atoms with Gasteiger partial charge < -0.3 is 9.15 Å². The molecule has 3 heterocycles. The molecule has 2 aliphatic rings. The van der Waals surface area contributed by atoms with Crippen LogP contribution < -0.4 is 0 Å². The molecular formula is C18H14O2. The van der Waals surface area contributed by atoms with E-state index in [1.165, 1.54) is 27.6 Å². The van der Waals surface area contributed by atoms with Crippen LogP contribution in [0.5, 0.6) is 0 Å². The Hall–Kier alpha value is -2.06. The van der Waals surface area contributed by atoms with Gasteiger partial charge in [-0.2, -0.15) is 0 Å². The number of ether oxygens (including phenoxy) is 1. The topological polar surface area (TPSA) is 22.4 Å². The highest BCUT2D eigenvalue weighted by molar-refractivity contribution is 5.82. The van der Waals surface area contributed by atoms with Crippen molar-refractivity contribution in [2.45, 2.75) is 25.0 Å². The van der Waals surface area contributed by atoms with Gasteiger partial charge in [0.1, 0.15) is 5.58 Å². The zero-order valence-corrected chi connectivity index (χ0v) is 11.0. The van der Waals surface area contributed by atoms with Crippen LogP contribution in [0.25, 0.3) is 11.0 Å². The molecule has 0 N–H and O–H groups in total. The van der Waals surface area contributed by atoms with Crippen molar-refractivity contribution in [2.24, 2.45) is 0 Å². The number of rotatable bonds is 0. The van der Waals surface area contributed by atoms with Crippen LogP contribution in [0.3, 0.4) is 0 Å². The Labute approximate surface area is 117 Å². The van der Waals surface area contributed by atoms with E-state index in [0.717, 1.165) is 18.4 Å². The normalized spacial score (nSPS) is 23.4. The molecule has 0 fully saturated rings. The Morgan fingerprint density at radius 2 is 1.75 bits per heavy atom. The first kappa shape index (κ1) is 10.7. The van der Waals surface area contributed by atoms with Crippen LogP contribution in [0, 0.1) is 0 Å². The van der Waals surface area contributed by atoms with Crippen molar-refractivity contribution in [2.75, 3.05) is 0 Å². The van der Waals surface area contributed by atoms with Gasteiger partial charge in [0, 0.05) is 23.8 Å². The third kappa shape index (κ3) is 1.32. The van der Waals surface area contributed by atoms with Crippen LogP contribution in [-0.4, -0.2) is 0 Å². The minimum Gasteiger partial charge on any atom is -0.464 e. The molecule has 0 saturated heterocycles. The van der Waals surface area contributed by atoms with Crippen LogP contribution in [0.2, 0.25) is 0 Å². The van der Waals surface area contributed by atoms with Crippen LogP contribution in [-0.2, 0) is 17.6 Å². The maximum absolute atomic E-state index is 6.26. The molecule has 2 nitrogen and oxygen atoms in total. The molecule has 0 unspecified atom stereocenters. The van der Waals surface area contributed by atoms with Gasteiger partial charge in [0.25, 0.3) is 0 Å². The summed E-state index contributed by atoms with van der Waals surface area (Å²) in [6, 6.07) is 15.0. The number of furan rings is 1. The molecule has 0 saturated carbocycles. The van der Waals surface area contributed by atoms with Crippen molar-refractivity contribution in [1.82, 2.24) is 0 Å². The van der Waals surface area contributed by atoms with Gasteiger partial charge in [-0.25, -0.2) is 0 Å². The maximum atomic E-state index is 6.26. The van der Waals surface area contributed by atoms with E-state index >= 15 is 0 Å². The first-order valence-corrected chi connectivity index (χ1v) is 7.12. The number of fused-ring (bicyclic) bond motifs is 8. The Balaban J connectivity index is 1.74. The molecule has 2 aliphatic heterocycles. The van der Waals surface area contributed by atoms with Crippen LogP contribution in [0.4, 0.5) is 0 Å². The summed E-state index contributed by atoms with van der Waals surface area (Å²) in [5, 5.41) is 1.19. The van der Waals surface area contributed by atoms with Crippen LogP contribution in [0.15, 0.2) is 53.1 Å². The smallest absolute Gasteiger partial charge is 0.137 e. The first-order valence-electron chi connectivity index (χ1n) is 7.12. The van der Waals surface area contributed by atoms with Crippen molar-refractivity contribution in [1.29, 1.82) is 0 Å². The minimum absolute atomic E-state index is 0.174. The number of benzene rings is 2. The van der Waals surface area contributed by atoms with Gasteiger partial charge in [-0.1, -0.05) is 36.4 Å². The second-order valence-electron chi connectivity index (χ2n) is 5.69. The standard InChI is InChI=1S/C18H14O2/c1-2-4-13-12(3-1)9-16-14-6-5-11-7-8-19-18(11)15(14)10-17(13)20-16/h1-8,16-17H,9-10H2/t16-,17-/m1/s1. The van der Waals surface area contributed by atoms with E-state index in [1.54, 1.807) is 6.26 Å². The number of hydrogen-bond acceptors (Lipinski definition) is 2. The highest BCUT2D eigenvalue weighted by Gasteiger charge is 2.35. The van der Waals surface area contributed by atoms with Gasteiger partial charge in [0.05, 0.1) is 18.5 Å². The monoisotopic (exact) mass is 262 g/mol. The van der Waals surface area contributed by atoms with E-state index in [2.05, 4.69) is 36.4 Å². The quantitative estimate of drug-likeness (QED) is 0.601. The zero-order chi connectivity index (χ0) is 13.1. The molecule has 2 atom stereocenters. The average molecular weight is 262 g/mol. The van der Waals surface area contributed by atoms with E-state index < -0.39 is 0 Å². The lowest BCUT2D eigenvalue weighted by molar-refractivity contribution is -0.0390. The molecule has 2 aromatic carbocycles. The molecule has 20 heavy (non-hydrogen) atoms. The SMILES string of the molecule is c1ccc2c(c1)C[C@H]1O[C@@H]2Cc2c1ccc1ccoc21. The molecule has 1 aromatic heterocycles. The molecule has 0 aliphatic carbocycles. The fourth-order valence-electron chi connectivity index (χ4n) is 3.70. The van der Waals surface area contributed by atoms with Gasteiger partial charge in [-0.05, 0) is 22.8 Å². The summed E-state index contributed by atoms with van der Waals surface area (Å²) in [6.45, 7) is 0. The van der Waals surface area contributed by atoms with Gasteiger partial charge >= 0.3 is 0 Å². The third-order valence-electron chi connectivity index (χ3n) is 4.63. The molecule has 2 heteroatoms. The van der Waals surface area contributed by atoms with Gasteiger partial charge in [0.15, 0.2) is 0 Å². The summed E-state index contributed by atoms with van der Waals surface area (Å²) >= 11 is 0. The fourth-order valence-corrected chi connectivity index (χ4v) is 3.70. The summed E-state index contributed by atoms with van der Waals surface area (Å²) in [6.07, 6.45) is 4.00. The van der Waals surface area contributed by atoms with Crippen molar-refractivity contribution in [3.8, 4) is 0 Å². The second-order valence-corrected chi connectivity index (χ2v) is 5.69. The van der Waals surface area contributed by atoms with Crippen molar-refractivity contribution < 1.29 is 9.15 Å². The van der Waals surface area contributed by atoms with E-state index in [1.807, 2.05) is 6.07 Å². The molecule has 0 spiro atoms. The Morgan fingerprint density at radius 3 is 2.75 bits per heavy atom. The summed E-state index contributed by atoms with van der Waals surface area (Å²) < 4.78 is 12.0. The van der Waals surface area contributed by atoms with Crippen LogP contribution >= 0.6 is 0 Å². The van der Waals surface area contributed by atoms with E-state index in [9.17, 15) is 0 Å². The molecule has 0 amide bonds. The van der Waals surface area contributed by atoms with E-state index in [-0.39, 0.29) is 12.2 Å². The first-order chi connectivity index (χ1) is 9.90. The molecule has 3 aromatic rings. The Morgan fingerprint density at radius 1 is 0.850 bits per heavy atom. The van der Waals surface area contributed by atoms with Gasteiger partial charge in [0.2, 0.25) is 0 Å². The lowest BCUT2D eigenvalue weighted by atomic mass is 9.82. The summed E-state index contributed by atoms with van der Waals surface area (Å²) in [7, 11) is 0. The summed E-state index contributed by atoms with van der Waals surface area (Å²) in [5.74, 6) is 0. The average Bonchev–Trinajstić information content (AvgIpc) is 2.96. The molecule has 98 valence electrons. The van der Waals surface area contributed by atoms with Crippen molar-refractivity contribution >= 4 is 11.0 Å². The Kier molecular flexibility index (Phi) is 2.00. The van der Waals surface area contributed by atoms with Crippen molar-refractivity contribution in [3.63, 3.8) is 0 Å². The predicted octanol–water partition coefficient (Wildman–Crippen LogP) is 4.34. The van der Waals surface area contributed by atoms with E-state index in [0.29, 0.717) is 0 Å².